The summed E-state index contributed by atoms with van der Waals surface area (Å²) in [6, 6.07) is 9.08. The van der Waals surface area contributed by atoms with Gasteiger partial charge in [-0.2, -0.15) is 5.10 Å². The molecular formula is C15H15N5O3. The molecule has 0 atom stereocenters. The van der Waals surface area contributed by atoms with E-state index in [-0.39, 0.29) is 11.6 Å². The van der Waals surface area contributed by atoms with Gasteiger partial charge in [-0.3, -0.25) is 5.32 Å². The number of carbonyl (C=O) groups is 1. The van der Waals surface area contributed by atoms with Crippen molar-refractivity contribution in [3.8, 4) is 5.69 Å². The van der Waals surface area contributed by atoms with Crippen molar-refractivity contribution < 1.29 is 15.0 Å². The van der Waals surface area contributed by atoms with Crippen molar-refractivity contribution in [1.29, 1.82) is 0 Å². The third kappa shape index (κ3) is 2.84. The van der Waals surface area contributed by atoms with Gasteiger partial charge < -0.3 is 10.2 Å². The van der Waals surface area contributed by atoms with Crippen molar-refractivity contribution >= 4 is 22.9 Å². The molecule has 3 aromatic rings. The first kappa shape index (κ1) is 14.9. The van der Waals surface area contributed by atoms with E-state index in [1.54, 1.807) is 26.0 Å². The molecule has 0 bridgehead atoms. The Hall–Kier alpha value is -3.00. The lowest BCUT2D eigenvalue weighted by Gasteiger charge is -2.14. The molecule has 0 unspecified atom stereocenters. The number of rotatable bonds is 3. The summed E-state index contributed by atoms with van der Waals surface area (Å²) < 4.78 is 1.45. The largest absolute Gasteiger partial charge is 0.465 e. The van der Waals surface area contributed by atoms with Gasteiger partial charge in [0, 0.05) is 0 Å². The minimum Gasteiger partial charge on any atom is -0.465 e. The van der Waals surface area contributed by atoms with Gasteiger partial charge in [-0.25, -0.2) is 19.4 Å². The summed E-state index contributed by atoms with van der Waals surface area (Å²) in [5.74, 6) is 0.387. The predicted molar refractivity (Wildman–Crippen MR) is 83.6 cm³/mol. The van der Waals surface area contributed by atoms with Crippen LogP contribution in [0.5, 0.6) is 0 Å². The lowest BCUT2D eigenvalue weighted by molar-refractivity contribution is 0.0691. The van der Waals surface area contributed by atoms with Gasteiger partial charge in [0.1, 0.15) is 16.6 Å². The Labute approximate surface area is 131 Å². The number of para-hydroxylation sites is 1. The van der Waals surface area contributed by atoms with Gasteiger partial charge in [0.2, 0.25) is 0 Å². The van der Waals surface area contributed by atoms with Crippen molar-refractivity contribution in [2.24, 2.45) is 0 Å². The summed E-state index contributed by atoms with van der Waals surface area (Å²) in [6.07, 6.45) is 0.231. The molecule has 0 radical (unpaired) electrons. The second kappa shape index (κ2) is 5.33. The fraction of sp³-hybridized carbons (Fsp3) is 0.200. The number of hydrogen-bond acceptors (Lipinski definition) is 5. The molecule has 0 aliphatic heterocycles. The van der Waals surface area contributed by atoms with Crippen LogP contribution in [-0.2, 0) is 5.60 Å². The third-order valence-corrected chi connectivity index (χ3v) is 3.19. The van der Waals surface area contributed by atoms with E-state index in [2.05, 4.69) is 20.4 Å². The zero-order valence-corrected chi connectivity index (χ0v) is 12.6. The molecule has 8 nitrogen and oxygen atoms in total. The van der Waals surface area contributed by atoms with Crippen LogP contribution in [0.4, 0.5) is 10.6 Å². The number of fused-ring (bicyclic) bond motifs is 1. The van der Waals surface area contributed by atoms with Crippen LogP contribution in [0, 0.1) is 0 Å². The zero-order valence-electron chi connectivity index (χ0n) is 12.6. The monoisotopic (exact) mass is 313 g/mol. The number of hydrogen-bond donors (Lipinski definition) is 3. The summed E-state index contributed by atoms with van der Waals surface area (Å²) in [5, 5.41) is 25.8. The van der Waals surface area contributed by atoms with Gasteiger partial charge in [0.05, 0.1) is 11.9 Å². The molecule has 0 fully saturated rings. The van der Waals surface area contributed by atoms with E-state index in [1.807, 2.05) is 18.2 Å². The van der Waals surface area contributed by atoms with E-state index in [1.165, 1.54) is 10.9 Å². The number of amides is 1. The van der Waals surface area contributed by atoms with Gasteiger partial charge in [-0.05, 0) is 26.0 Å². The van der Waals surface area contributed by atoms with Crippen LogP contribution in [-0.4, -0.2) is 36.1 Å². The molecule has 0 spiro atoms. The average Bonchev–Trinajstić information content (AvgIpc) is 2.85. The first-order chi connectivity index (χ1) is 10.9. The maximum Gasteiger partial charge on any atom is 0.410 e. The fourth-order valence-electron chi connectivity index (χ4n) is 2.15. The second-order valence-corrected chi connectivity index (χ2v) is 5.51. The summed E-state index contributed by atoms with van der Waals surface area (Å²) in [4.78, 5) is 19.5. The molecule has 8 heteroatoms. The number of carboxylic acid groups (broad SMARTS) is 1. The van der Waals surface area contributed by atoms with E-state index in [0.717, 1.165) is 0 Å². The minimum absolute atomic E-state index is 0.186. The quantitative estimate of drug-likeness (QED) is 0.682. The van der Waals surface area contributed by atoms with Gasteiger partial charge in [0.25, 0.3) is 0 Å². The molecule has 2 aromatic heterocycles. The van der Waals surface area contributed by atoms with Crippen LogP contribution in [0.2, 0.25) is 0 Å². The Bertz CT molecular complexity index is 868. The lowest BCUT2D eigenvalue weighted by atomic mass is 10.1. The maximum absolute atomic E-state index is 11.1. The molecule has 23 heavy (non-hydrogen) atoms. The van der Waals surface area contributed by atoms with Gasteiger partial charge >= 0.3 is 6.09 Å². The number of nitrogens with one attached hydrogen (secondary N) is 1. The fourth-order valence-corrected chi connectivity index (χ4v) is 2.15. The second-order valence-electron chi connectivity index (χ2n) is 5.51. The third-order valence-electron chi connectivity index (χ3n) is 3.19. The van der Waals surface area contributed by atoms with Crippen LogP contribution >= 0.6 is 0 Å². The summed E-state index contributed by atoms with van der Waals surface area (Å²) in [5.41, 5.74) is 0.178. The van der Waals surface area contributed by atoms with E-state index < -0.39 is 11.7 Å². The van der Waals surface area contributed by atoms with Gasteiger partial charge in [0.15, 0.2) is 11.6 Å². The topological polar surface area (TPSA) is 113 Å². The van der Waals surface area contributed by atoms with Crippen LogP contribution in [0.3, 0.4) is 0 Å². The van der Waals surface area contributed by atoms with Crippen molar-refractivity contribution in [2.45, 2.75) is 19.4 Å². The van der Waals surface area contributed by atoms with E-state index >= 15 is 0 Å². The summed E-state index contributed by atoms with van der Waals surface area (Å²) in [6.45, 7) is 3.11. The van der Waals surface area contributed by atoms with Crippen molar-refractivity contribution in [2.75, 3.05) is 5.32 Å². The normalized spacial score (nSPS) is 11.6. The van der Waals surface area contributed by atoms with Crippen LogP contribution in [0.1, 0.15) is 19.7 Å². The Balaban J connectivity index is 2.26. The highest BCUT2D eigenvalue weighted by Gasteiger charge is 2.23. The number of aliphatic hydroxyl groups is 1. The first-order valence-electron chi connectivity index (χ1n) is 6.90. The number of benzene rings is 1. The molecule has 118 valence electrons. The Morgan fingerprint density at radius 3 is 2.57 bits per heavy atom. The van der Waals surface area contributed by atoms with E-state index in [9.17, 15) is 9.90 Å². The molecule has 0 saturated carbocycles. The number of nitrogens with zero attached hydrogens (tertiary/aromatic N) is 4. The van der Waals surface area contributed by atoms with E-state index in [4.69, 9.17) is 5.11 Å². The van der Waals surface area contributed by atoms with Crippen molar-refractivity contribution in [3.05, 3.63) is 42.4 Å². The number of anilines is 1. The summed E-state index contributed by atoms with van der Waals surface area (Å²) >= 11 is 0. The standard InChI is InChI=1S/C15H15N5O3/c1-15(2,23)13-16-8-10-11(17-13)12(18-14(21)22)20(19-10)9-6-4-3-5-7-9/h3-8,18,23H,1-2H3,(H,21,22). The van der Waals surface area contributed by atoms with Crippen molar-refractivity contribution in [3.63, 3.8) is 0 Å². The van der Waals surface area contributed by atoms with Gasteiger partial charge in [-0.15, -0.1) is 0 Å². The number of aromatic nitrogens is 4. The molecule has 2 heterocycles. The molecule has 3 rings (SSSR count). The predicted octanol–water partition coefficient (Wildman–Crippen LogP) is 2.13. The molecule has 0 saturated heterocycles. The Morgan fingerprint density at radius 1 is 1.26 bits per heavy atom. The highest BCUT2D eigenvalue weighted by molar-refractivity contribution is 5.95. The molecule has 1 aromatic carbocycles. The Kier molecular flexibility index (Phi) is 3.45. The minimum atomic E-state index is -1.25. The van der Waals surface area contributed by atoms with E-state index in [0.29, 0.717) is 16.7 Å². The van der Waals surface area contributed by atoms with Crippen LogP contribution < -0.4 is 5.32 Å². The highest BCUT2D eigenvalue weighted by atomic mass is 16.4. The smallest absolute Gasteiger partial charge is 0.410 e. The molecule has 1 amide bonds. The summed E-state index contributed by atoms with van der Waals surface area (Å²) in [7, 11) is 0. The first-order valence-corrected chi connectivity index (χ1v) is 6.90. The highest BCUT2D eigenvalue weighted by Crippen LogP contribution is 2.26. The van der Waals surface area contributed by atoms with Crippen molar-refractivity contribution in [1.82, 2.24) is 19.7 Å². The Morgan fingerprint density at radius 2 is 1.96 bits per heavy atom. The SMILES string of the molecule is CC(C)(O)c1ncc2nn(-c3ccccc3)c(NC(=O)O)c2n1. The average molecular weight is 313 g/mol. The molecule has 3 N–H and O–H groups in total. The zero-order chi connectivity index (χ0) is 16.6. The molecular weight excluding hydrogens is 298 g/mol. The van der Waals surface area contributed by atoms with Gasteiger partial charge in [-0.1, -0.05) is 18.2 Å². The molecule has 0 aliphatic carbocycles. The van der Waals surface area contributed by atoms with Crippen LogP contribution in [0.25, 0.3) is 16.7 Å². The molecule has 0 aliphatic rings. The lowest BCUT2D eigenvalue weighted by Crippen LogP contribution is -2.19. The maximum atomic E-state index is 11.1. The van der Waals surface area contributed by atoms with Crippen LogP contribution in [0.15, 0.2) is 36.5 Å².